The molecule has 2 N–H and O–H groups in total. The van der Waals surface area contributed by atoms with Crippen LogP contribution in [0.3, 0.4) is 0 Å². The van der Waals surface area contributed by atoms with Crippen LogP contribution < -0.4 is 10.6 Å². The van der Waals surface area contributed by atoms with Gasteiger partial charge in [-0.25, -0.2) is 0 Å². The van der Waals surface area contributed by atoms with E-state index in [4.69, 9.17) is 0 Å². The molecule has 2 fully saturated rings. The monoisotopic (exact) mass is 318 g/mol. The van der Waals surface area contributed by atoms with Crippen LogP contribution in [0.2, 0.25) is 0 Å². The second-order valence-corrected chi connectivity index (χ2v) is 6.12. The Balaban J connectivity index is 0.00000144. The zero-order valence-electron chi connectivity index (χ0n) is 12.2. The van der Waals surface area contributed by atoms with Gasteiger partial charge in [0.25, 0.3) is 0 Å². The summed E-state index contributed by atoms with van der Waals surface area (Å²) in [5.74, 6) is 0.331. The number of rotatable bonds is 2. The van der Waals surface area contributed by atoms with Crippen molar-refractivity contribution >= 4 is 35.0 Å². The van der Waals surface area contributed by atoms with E-state index in [2.05, 4.69) is 20.6 Å². The van der Waals surface area contributed by atoms with Crippen LogP contribution in [0.4, 0.5) is 5.69 Å². The number of amides is 1. The number of carbonyl (C=O) groups is 1. The van der Waals surface area contributed by atoms with Crippen molar-refractivity contribution in [3.63, 3.8) is 0 Å². The van der Waals surface area contributed by atoms with Gasteiger partial charge in [0.05, 0.1) is 11.0 Å². The second kappa shape index (κ2) is 5.82. The fourth-order valence-electron chi connectivity index (χ4n) is 3.47. The molecule has 22 heavy (non-hydrogen) atoms. The molecular weight excluding hydrogens is 300 g/mol. The first-order valence-corrected chi connectivity index (χ1v) is 7.49. The van der Waals surface area contributed by atoms with Gasteiger partial charge < -0.3 is 10.6 Å². The molecule has 1 saturated carbocycles. The summed E-state index contributed by atoms with van der Waals surface area (Å²) in [6, 6.07) is 5.68. The normalized spacial score (nSPS) is 22.1. The molecule has 1 atom stereocenters. The highest BCUT2D eigenvalue weighted by Gasteiger charge is 2.57. The molecule has 1 aromatic heterocycles. The third-order valence-electron chi connectivity index (χ3n) is 4.84. The Morgan fingerprint density at radius 3 is 2.68 bits per heavy atom. The van der Waals surface area contributed by atoms with E-state index in [-0.39, 0.29) is 29.6 Å². The first kappa shape index (κ1) is 15.2. The minimum absolute atomic E-state index is 0. The first-order chi connectivity index (χ1) is 10.3. The van der Waals surface area contributed by atoms with Crippen molar-refractivity contribution < 1.29 is 4.79 Å². The summed E-state index contributed by atoms with van der Waals surface area (Å²) in [7, 11) is 0. The van der Waals surface area contributed by atoms with Crippen molar-refractivity contribution in [2.75, 3.05) is 18.4 Å². The predicted molar refractivity (Wildman–Crippen MR) is 88.1 cm³/mol. The number of anilines is 1. The molecule has 1 unspecified atom stereocenters. The lowest BCUT2D eigenvalue weighted by molar-refractivity contribution is -0.118. The molecule has 2 heterocycles. The van der Waals surface area contributed by atoms with Crippen molar-refractivity contribution in [1.29, 1.82) is 0 Å². The Morgan fingerprint density at radius 2 is 1.91 bits per heavy atom. The van der Waals surface area contributed by atoms with E-state index < -0.39 is 0 Å². The average molecular weight is 319 g/mol. The van der Waals surface area contributed by atoms with Crippen LogP contribution in [0.1, 0.15) is 19.3 Å². The summed E-state index contributed by atoms with van der Waals surface area (Å²) < 4.78 is 0. The van der Waals surface area contributed by atoms with Gasteiger partial charge in [0.2, 0.25) is 5.91 Å². The summed E-state index contributed by atoms with van der Waals surface area (Å²) in [6.07, 6.45) is 6.61. The molecule has 1 aliphatic carbocycles. The molecule has 0 radical (unpaired) electrons. The number of piperidine rings is 1. The number of fused-ring (bicyclic) bond motifs is 1. The van der Waals surface area contributed by atoms with Crippen molar-refractivity contribution in [3.05, 3.63) is 30.6 Å². The number of hydrogen-bond donors (Lipinski definition) is 2. The number of benzene rings is 1. The van der Waals surface area contributed by atoms with E-state index in [0.717, 1.165) is 49.1 Å². The zero-order valence-corrected chi connectivity index (χ0v) is 13.0. The lowest BCUT2D eigenvalue weighted by Crippen LogP contribution is -2.31. The minimum atomic E-state index is 0. The Morgan fingerprint density at radius 1 is 1.18 bits per heavy atom. The van der Waals surface area contributed by atoms with Crippen LogP contribution in [0.25, 0.3) is 11.0 Å². The Kier molecular flexibility index (Phi) is 4.02. The molecule has 1 aliphatic heterocycles. The molecule has 1 amide bonds. The fourth-order valence-corrected chi connectivity index (χ4v) is 3.47. The summed E-state index contributed by atoms with van der Waals surface area (Å²) in [6.45, 7) is 2.07. The predicted octanol–water partition coefficient (Wildman–Crippen LogP) is 2.38. The molecule has 4 rings (SSSR count). The van der Waals surface area contributed by atoms with E-state index in [1.165, 1.54) is 0 Å². The number of carbonyl (C=O) groups excluding carboxylic acids is 1. The number of nitrogens with one attached hydrogen (secondary N) is 2. The van der Waals surface area contributed by atoms with Gasteiger partial charge in [-0.05, 0) is 56.0 Å². The molecule has 116 valence electrons. The van der Waals surface area contributed by atoms with Gasteiger partial charge in [-0.15, -0.1) is 12.4 Å². The first-order valence-electron chi connectivity index (χ1n) is 7.49. The summed E-state index contributed by atoms with van der Waals surface area (Å²) >= 11 is 0. The van der Waals surface area contributed by atoms with E-state index in [1.54, 1.807) is 12.4 Å². The number of aromatic nitrogens is 2. The SMILES string of the molecule is Cl.O=C(Nc1ccc2nccnc2c1)C1CC12CCNCC2. The molecule has 5 nitrogen and oxygen atoms in total. The van der Waals surface area contributed by atoms with Gasteiger partial charge in [0.15, 0.2) is 0 Å². The Hall–Kier alpha value is -1.72. The smallest absolute Gasteiger partial charge is 0.228 e. The van der Waals surface area contributed by atoms with Crippen molar-refractivity contribution in [2.24, 2.45) is 11.3 Å². The van der Waals surface area contributed by atoms with Crippen LogP contribution in [-0.2, 0) is 4.79 Å². The van der Waals surface area contributed by atoms with Crippen molar-refractivity contribution in [3.8, 4) is 0 Å². The summed E-state index contributed by atoms with van der Waals surface area (Å²) in [5.41, 5.74) is 2.73. The lowest BCUT2D eigenvalue weighted by atomic mass is 9.92. The maximum absolute atomic E-state index is 12.4. The quantitative estimate of drug-likeness (QED) is 0.892. The standard InChI is InChI=1S/C16H18N4O.ClH/c21-15(12-10-16(12)3-5-17-6-4-16)20-11-1-2-13-14(9-11)19-8-7-18-13;/h1-2,7-9,12,17H,3-6,10H2,(H,20,21);1H. The molecule has 1 spiro atoms. The highest BCUT2D eigenvalue weighted by Crippen LogP contribution is 2.58. The second-order valence-electron chi connectivity index (χ2n) is 6.12. The third kappa shape index (κ3) is 2.66. The van der Waals surface area contributed by atoms with Crippen molar-refractivity contribution in [2.45, 2.75) is 19.3 Å². The number of halogens is 1. The topological polar surface area (TPSA) is 66.9 Å². The molecule has 0 bridgehead atoms. The van der Waals surface area contributed by atoms with Crippen LogP contribution in [0, 0.1) is 11.3 Å². The molecule has 1 aromatic carbocycles. The average Bonchev–Trinajstić information content (AvgIpc) is 3.21. The fraction of sp³-hybridized carbons (Fsp3) is 0.438. The van der Waals surface area contributed by atoms with E-state index >= 15 is 0 Å². The van der Waals surface area contributed by atoms with Crippen LogP contribution in [0.15, 0.2) is 30.6 Å². The third-order valence-corrected chi connectivity index (χ3v) is 4.84. The van der Waals surface area contributed by atoms with E-state index in [0.29, 0.717) is 0 Å². The Labute approximate surface area is 135 Å². The molecule has 1 saturated heterocycles. The van der Waals surface area contributed by atoms with Gasteiger partial charge in [-0.3, -0.25) is 14.8 Å². The van der Waals surface area contributed by atoms with Gasteiger partial charge in [-0.1, -0.05) is 0 Å². The number of hydrogen-bond acceptors (Lipinski definition) is 4. The molecule has 2 aromatic rings. The van der Waals surface area contributed by atoms with Crippen LogP contribution in [0.5, 0.6) is 0 Å². The molecule has 6 heteroatoms. The number of nitrogens with zero attached hydrogens (tertiary/aromatic N) is 2. The largest absolute Gasteiger partial charge is 0.326 e. The summed E-state index contributed by atoms with van der Waals surface area (Å²) in [4.78, 5) is 20.9. The molecule has 2 aliphatic rings. The van der Waals surface area contributed by atoms with Crippen LogP contribution >= 0.6 is 12.4 Å². The summed E-state index contributed by atoms with van der Waals surface area (Å²) in [5, 5.41) is 6.40. The zero-order chi connectivity index (χ0) is 14.3. The van der Waals surface area contributed by atoms with Crippen molar-refractivity contribution in [1.82, 2.24) is 15.3 Å². The lowest BCUT2D eigenvalue weighted by Gasteiger charge is -2.23. The maximum Gasteiger partial charge on any atom is 0.228 e. The van der Waals surface area contributed by atoms with Gasteiger partial charge >= 0.3 is 0 Å². The van der Waals surface area contributed by atoms with Gasteiger partial charge in [-0.2, -0.15) is 0 Å². The minimum Gasteiger partial charge on any atom is -0.326 e. The van der Waals surface area contributed by atoms with E-state index in [1.807, 2.05) is 18.2 Å². The molecular formula is C16H19ClN4O. The maximum atomic E-state index is 12.4. The van der Waals surface area contributed by atoms with Gasteiger partial charge in [0.1, 0.15) is 0 Å². The highest BCUT2D eigenvalue weighted by atomic mass is 35.5. The Bertz CT molecular complexity index is 699. The van der Waals surface area contributed by atoms with Gasteiger partial charge in [0, 0.05) is 24.0 Å². The van der Waals surface area contributed by atoms with Crippen LogP contribution in [-0.4, -0.2) is 29.0 Å². The highest BCUT2D eigenvalue weighted by molar-refractivity contribution is 5.96. The van der Waals surface area contributed by atoms with E-state index in [9.17, 15) is 4.79 Å².